The van der Waals surface area contributed by atoms with E-state index in [1.807, 2.05) is 6.92 Å². The average Bonchev–Trinajstić information content (AvgIpc) is 2.25. The van der Waals surface area contributed by atoms with Gasteiger partial charge in [0.25, 0.3) is 5.91 Å². The number of carbonyl (C=O) groups is 1. The van der Waals surface area contributed by atoms with Crippen molar-refractivity contribution in [3.63, 3.8) is 0 Å². The predicted octanol–water partition coefficient (Wildman–Crippen LogP) is 2.49. The molecule has 16 heavy (non-hydrogen) atoms. The summed E-state index contributed by atoms with van der Waals surface area (Å²) in [5.74, 6) is -0.364. The van der Waals surface area contributed by atoms with Crippen molar-refractivity contribution in [2.75, 3.05) is 6.61 Å². The molecule has 0 bridgehead atoms. The number of nitrogens with one attached hydrogen (secondary N) is 1. The van der Waals surface area contributed by atoms with E-state index in [0.717, 1.165) is 0 Å². The Balaban J connectivity index is 2.88. The molecule has 1 amide bonds. The van der Waals surface area contributed by atoms with Gasteiger partial charge in [-0.1, -0.05) is 36.2 Å². The zero-order valence-corrected chi connectivity index (χ0v) is 10.3. The highest BCUT2D eigenvalue weighted by Gasteiger charge is 2.16. The summed E-state index contributed by atoms with van der Waals surface area (Å²) in [6.07, 6.45) is 0.643. The van der Waals surface area contributed by atoms with Crippen molar-refractivity contribution < 1.29 is 9.90 Å². The highest BCUT2D eigenvalue weighted by molar-refractivity contribution is 6.39. The van der Waals surface area contributed by atoms with Crippen LogP contribution >= 0.6 is 23.2 Å². The highest BCUT2D eigenvalue weighted by Crippen LogP contribution is 2.24. The summed E-state index contributed by atoms with van der Waals surface area (Å²) >= 11 is 11.8. The maximum absolute atomic E-state index is 11.8. The van der Waals surface area contributed by atoms with E-state index in [4.69, 9.17) is 28.3 Å². The van der Waals surface area contributed by atoms with Gasteiger partial charge in [-0.2, -0.15) is 0 Å². The van der Waals surface area contributed by atoms with Crippen molar-refractivity contribution in [1.29, 1.82) is 0 Å². The van der Waals surface area contributed by atoms with Crippen molar-refractivity contribution in [2.45, 2.75) is 19.4 Å². The van der Waals surface area contributed by atoms with E-state index in [1.165, 1.54) is 0 Å². The summed E-state index contributed by atoms with van der Waals surface area (Å²) in [5, 5.41) is 12.2. The van der Waals surface area contributed by atoms with Gasteiger partial charge >= 0.3 is 0 Å². The van der Waals surface area contributed by atoms with Crippen molar-refractivity contribution in [1.82, 2.24) is 5.32 Å². The summed E-state index contributed by atoms with van der Waals surface area (Å²) in [6, 6.07) is 4.59. The van der Waals surface area contributed by atoms with Crippen LogP contribution in [0, 0.1) is 0 Å². The molecule has 1 rings (SSSR count). The van der Waals surface area contributed by atoms with Gasteiger partial charge in [0.1, 0.15) is 0 Å². The van der Waals surface area contributed by atoms with Crippen LogP contribution in [-0.4, -0.2) is 23.7 Å². The number of aliphatic hydroxyl groups excluding tert-OH is 1. The third-order valence-electron chi connectivity index (χ3n) is 2.24. The van der Waals surface area contributed by atoms with Gasteiger partial charge < -0.3 is 10.4 Å². The molecule has 0 aliphatic carbocycles. The van der Waals surface area contributed by atoms with Crippen LogP contribution in [0.15, 0.2) is 18.2 Å². The number of hydrogen-bond donors (Lipinski definition) is 2. The molecular formula is C11H13Cl2NO2. The van der Waals surface area contributed by atoms with Gasteiger partial charge in [-0.25, -0.2) is 0 Å². The molecule has 88 valence electrons. The van der Waals surface area contributed by atoms with Crippen LogP contribution < -0.4 is 5.32 Å². The summed E-state index contributed by atoms with van der Waals surface area (Å²) in [7, 11) is 0. The van der Waals surface area contributed by atoms with Crippen molar-refractivity contribution in [2.24, 2.45) is 0 Å². The fraction of sp³-hybridized carbons (Fsp3) is 0.364. The molecule has 1 atom stereocenters. The molecule has 0 aliphatic heterocycles. The molecule has 0 heterocycles. The Morgan fingerprint density at radius 3 is 2.44 bits per heavy atom. The summed E-state index contributed by atoms with van der Waals surface area (Å²) in [6.45, 7) is 1.76. The second-order valence-electron chi connectivity index (χ2n) is 3.36. The van der Waals surface area contributed by atoms with Crippen LogP contribution in [0.1, 0.15) is 23.7 Å². The Hall–Kier alpha value is -0.770. The lowest BCUT2D eigenvalue weighted by Crippen LogP contribution is -2.37. The van der Waals surface area contributed by atoms with Crippen molar-refractivity contribution >= 4 is 29.1 Å². The zero-order valence-electron chi connectivity index (χ0n) is 8.84. The van der Waals surface area contributed by atoms with Gasteiger partial charge in [-0.3, -0.25) is 4.79 Å². The molecule has 3 nitrogen and oxygen atoms in total. The van der Waals surface area contributed by atoms with Crippen LogP contribution in [0.3, 0.4) is 0 Å². The minimum Gasteiger partial charge on any atom is -0.394 e. The molecule has 0 spiro atoms. The van der Waals surface area contributed by atoms with Gasteiger partial charge in [0.05, 0.1) is 28.3 Å². The van der Waals surface area contributed by atoms with Gasteiger partial charge in [0.15, 0.2) is 0 Å². The fourth-order valence-electron chi connectivity index (χ4n) is 1.25. The van der Waals surface area contributed by atoms with E-state index in [-0.39, 0.29) is 24.1 Å². The minimum absolute atomic E-state index is 0.107. The number of carbonyl (C=O) groups excluding carboxylic acids is 1. The van der Waals surface area contributed by atoms with Crippen LogP contribution in [0.25, 0.3) is 0 Å². The fourth-order valence-corrected chi connectivity index (χ4v) is 1.82. The first-order valence-electron chi connectivity index (χ1n) is 4.95. The monoisotopic (exact) mass is 261 g/mol. The normalized spacial score (nSPS) is 12.2. The number of halogens is 2. The van der Waals surface area contributed by atoms with Gasteiger partial charge in [-0.05, 0) is 18.6 Å². The average molecular weight is 262 g/mol. The molecule has 0 fully saturated rings. The Morgan fingerprint density at radius 1 is 1.44 bits per heavy atom. The van der Waals surface area contributed by atoms with Gasteiger partial charge in [-0.15, -0.1) is 0 Å². The van der Waals surface area contributed by atoms with Gasteiger partial charge in [0.2, 0.25) is 0 Å². The number of benzene rings is 1. The second-order valence-corrected chi connectivity index (χ2v) is 4.17. The molecule has 0 saturated heterocycles. The Kier molecular flexibility index (Phi) is 5.06. The molecular weight excluding hydrogens is 249 g/mol. The quantitative estimate of drug-likeness (QED) is 0.875. The first-order chi connectivity index (χ1) is 7.60. The van der Waals surface area contributed by atoms with Crippen LogP contribution in [0.2, 0.25) is 10.0 Å². The number of rotatable bonds is 4. The number of aliphatic hydroxyl groups is 1. The largest absolute Gasteiger partial charge is 0.394 e. The zero-order chi connectivity index (χ0) is 12.1. The van der Waals surface area contributed by atoms with E-state index in [9.17, 15) is 4.79 Å². The minimum atomic E-state index is -0.364. The molecule has 0 aromatic heterocycles. The summed E-state index contributed by atoms with van der Waals surface area (Å²) < 4.78 is 0. The topological polar surface area (TPSA) is 49.3 Å². The Labute approximate surface area is 104 Å². The summed E-state index contributed by atoms with van der Waals surface area (Å²) in [4.78, 5) is 11.8. The molecule has 5 heteroatoms. The molecule has 2 N–H and O–H groups in total. The molecule has 0 saturated carbocycles. The third-order valence-corrected chi connectivity index (χ3v) is 2.87. The summed E-state index contributed by atoms with van der Waals surface area (Å²) in [5.41, 5.74) is 0.248. The van der Waals surface area contributed by atoms with Crippen LogP contribution in [0.4, 0.5) is 0 Å². The first kappa shape index (κ1) is 13.3. The predicted molar refractivity (Wildman–Crippen MR) is 65.1 cm³/mol. The Bertz CT molecular complexity index is 358. The van der Waals surface area contributed by atoms with Crippen molar-refractivity contribution in [3.05, 3.63) is 33.8 Å². The SMILES string of the molecule is CC[C@H](CO)NC(=O)c1c(Cl)cccc1Cl. The lowest BCUT2D eigenvalue weighted by atomic mass is 10.1. The standard InChI is InChI=1S/C11H13Cl2NO2/c1-2-7(6-15)14-11(16)10-8(12)4-3-5-9(10)13/h3-5,7,15H,2,6H2,1H3,(H,14,16)/t7-/m1/s1. The number of hydrogen-bond acceptors (Lipinski definition) is 2. The lowest BCUT2D eigenvalue weighted by molar-refractivity contribution is 0.0915. The first-order valence-corrected chi connectivity index (χ1v) is 5.71. The number of amides is 1. The maximum atomic E-state index is 11.8. The van der Waals surface area contributed by atoms with E-state index < -0.39 is 0 Å². The molecule has 1 aromatic rings. The highest BCUT2D eigenvalue weighted by atomic mass is 35.5. The van der Waals surface area contributed by atoms with E-state index in [0.29, 0.717) is 16.5 Å². The van der Waals surface area contributed by atoms with Crippen LogP contribution in [-0.2, 0) is 0 Å². The van der Waals surface area contributed by atoms with E-state index >= 15 is 0 Å². The lowest BCUT2D eigenvalue weighted by Gasteiger charge is -2.15. The van der Waals surface area contributed by atoms with Crippen LogP contribution in [0.5, 0.6) is 0 Å². The molecule has 0 unspecified atom stereocenters. The van der Waals surface area contributed by atoms with Crippen molar-refractivity contribution in [3.8, 4) is 0 Å². The van der Waals surface area contributed by atoms with Gasteiger partial charge in [0, 0.05) is 0 Å². The molecule has 1 aromatic carbocycles. The Morgan fingerprint density at radius 2 is 2.00 bits per heavy atom. The smallest absolute Gasteiger partial charge is 0.254 e. The van der Waals surface area contributed by atoms with E-state index in [2.05, 4.69) is 5.32 Å². The third kappa shape index (κ3) is 3.11. The second kappa shape index (κ2) is 6.09. The van der Waals surface area contributed by atoms with E-state index in [1.54, 1.807) is 18.2 Å². The molecule has 0 aliphatic rings. The molecule has 0 radical (unpaired) electrons. The maximum Gasteiger partial charge on any atom is 0.254 e.